The Bertz CT molecular complexity index is 958. The summed E-state index contributed by atoms with van der Waals surface area (Å²) in [5.41, 5.74) is 1.42. The summed E-state index contributed by atoms with van der Waals surface area (Å²) in [4.78, 5) is 27.4. The van der Waals surface area contributed by atoms with Gasteiger partial charge >= 0.3 is 0 Å². The lowest BCUT2D eigenvalue weighted by atomic mass is 10.1. The number of halogens is 2. The van der Waals surface area contributed by atoms with Crippen molar-refractivity contribution in [1.29, 1.82) is 0 Å². The zero-order valence-electron chi connectivity index (χ0n) is 13.7. The molecule has 0 radical (unpaired) electrons. The predicted molar refractivity (Wildman–Crippen MR) is 108 cm³/mol. The molecule has 1 aromatic heterocycles. The highest BCUT2D eigenvalue weighted by atomic mass is 35.5. The molecule has 3 aromatic rings. The molecule has 0 fully saturated rings. The lowest BCUT2D eigenvalue weighted by Crippen LogP contribution is -2.28. The van der Waals surface area contributed by atoms with Crippen molar-refractivity contribution in [2.45, 2.75) is 0 Å². The minimum absolute atomic E-state index is 0.171. The van der Waals surface area contributed by atoms with Crippen LogP contribution in [0.5, 0.6) is 0 Å². The molecule has 26 heavy (non-hydrogen) atoms. The summed E-state index contributed by atoms with van der Waals surface area (Å²) < 4.78 is 0. The van der Waals surface area contributed by atoms with Gasteiger partial charge < -0.3 is 10.2 Å². The normalized spacial score (nSPS) is 10.4. The molecule has 1 heterocycles. The Morgan fingerprint density at radius 2 is 1.77 bits per heavy atom. The molecule has 2 aromatic carbocycles. The van der Waals surface area contributed by atoms with E-state index in [1.807, 2.05) is 11.4 Å². The fraction of sp³-hybridized carbons (Fsp3) is 0.0526. The topological polar surface area (TPSA) is 49.4 Å². The summed E-state index contributed by atoms with van der Waals surface area (Å²) in [5, 5.41) is 5.37. The van der Waals surface area contributed by atoms with Gasteiger partial charge in [0.2, 0.25) is 0 Å². The summed E-state index contributed by atoms with van der Waals surface area (Å²) in [6.45, 7) is 0. The second kappa shape index (κ2) is 7.91. The number of hydrogen-bond acceptors (Lipinski definition) is 3. The number of carbonyl (C=O) groups is 2. The zero-order valence-corrected chi connectivity index (χ0v) is 16.0. The number of thiophene rings is 1. The summed E-state index contributed by atoms with van der Waals surface area (Å²) in [6, 6.07) is 15.3. The Kier molecular flexibility index (Phi) is 5.61. The molecule has 1 N–H and O–H groups in total. The van der Waals surface area contributed by atoms with Crippen molar-refractivity contribution in [3.8, 4) is 0 Å². The van der Waals surface area contributed by atoms with E-state index in [9.17, 15) is 9.59 Å². The largest absolute Gasteiger partial charge is 0.322 e. The van der Waals surface area contributed by atoms with E-state index in [1.165, 1.54) is 16.2 Å². The Morgan fingerprint density at radius 1 is 1.00 bits per heavy atom. The minimum atomic E-state index is -0.343. The van der Waals surface area contributed by atoms with E-state index in [2.05, 4.69) is 5.32 Å². The monoisotopic (exact) mass is 404 g/mol. The average molecular weight is 405 g/mol. The molecule has 0 atom stereocenters. The van der Waals surface area contributed by atoms with Gasteiger partial charge in [0.15, 0.2) is 0 Å². The average Bonchev–Trinajstić information content (AvgIpc) is 3.18. The second-order valence-corrected chi connectivity index (χ2v) is 7.20. The molecule has 0 aliphatic rings. The van der Waals surface area contributed by atoms with Gasteiger partial charge in [0.25, 0.3) is 11.8 Å². The Hall–Kier alpha value is -2.34. The lowest BCUT2D eigenvalue weighted by Gasteiger charge is -2.20. The van der Waals surface area contributed by atoms with Crippen LogP contribution in [0.3, 0.4) is 0 Å². The van der Waals surface area contributed by atoms with Gasteiger partial charge in [-0.25, -0.2) is 0 Å². The first-order chi connectivity index (χ1) is 12.5. The van der Waals surface area contributed by atoms with Gasteiger partial charge in [-0.1, -0.05) is 41.4 Å². The van der Waals surface area contributed by atoms with Crippen LogP contribution in [-0.4, -0.2) is 18.9 Å². The number of rotatable bonds is 4. The molecule has 3 rings (SSSR count). The van der Waals surface area contributed by atoms with Gasteiger partial charge in [0.1, 0.15) is 0 Å². The second-order valence-electron chi connectivity index (χ2n) is 5.44. The number of para-hydroxylation sites is 1. The molecule has 0 bridgehead atoms. The van der Waals surface area contributed by atoms with Crippen LogP contribution in [-0.2, 0) is 0 Å². The van der Waals surface area contributed by atoms with Crippen LogP contribution in [0.25, 0.3) is 0 Å². The molecule has 0 aliphatic carbocycles. The molecule has 0 aliphatic heterocycles. The van der Waals surface area contributed by atoms with E-state index in [4.69, 9.17) is 23.2 Å². The lowest BCUT2D eigenvalue weighted by molar-refractivity contribution is 0.0996. The highest BCUT2D eigenvalue weighted by molar-refractivity contribution is 7.12. The minimum Gasteiger partial charge on any atom is -0.322 e. The van der Waals surface area contributed by atoms with Crippen molar-refractivity contribution in [3.63, 3.8) is 0 Å². The van der Waals surface area contributed by atoms with Crippen molar-refractivity contribution in [2.24, 2.45) is 0 Å². The molecule has 0 unspecified atom stereocenters. The third kappa shape index (κ3) is 3.90. The molecule has 7 heteroatoms. The van der Waals surface area contributed by atoms with Gasteiger partial charge in [-0.15, -0.1) is 11.3 Å². The van der Waals surface area contributed by atoms with Crippen LogP contribution in [0.2, 0.25) is 10.0 Å². The smallest absolute Gasteiger partial charge is 0.268 e. The van der Waals surface area contributed by atoms with E-state index in [1.54, 1.807) is 55.6 Å². The van der Waals surface area contributed by atoms with Crippen molar-refractivity contribution in [2.75, 3.05) is 17.3 Å². The molecular weight excluding hydrogens is 391 g/mol. The van der Waals surface area contributed by atoms with Crippen LogP contribution in [0.4, 0.5) is 11.4 Å². The molecule has 0 spiro atoms. The summed E-state index contributed by atoms with van der Waals surface area (Å²) >= 11 is 13.2. The molecule has 4 nitrogen and oxygen atoms in total. The Balaban J connectivity index is 1.87. The fourth-order valence-electron chi connectivity index (χ4n) is 2.41. The van der Waals surface area contributed by atoms with Gasteiger partial charge in [0, 0.05) is 12.7 Å². The highest BCUT2D eigenvalue weighted by Crippen LogP contribution is 2.27. The molecular formula is C19H14Cl2N2O2S. The highest BCUT2D eigenvalue weighted by Gasteiger charge is 2.20. The van der Waals surface area contributed by atoms with E-state index in [0.29, 0.717) is 31.9 Å². The number of amides is 2. The summed E-state index contributed by atoms with van der Waals surface area (Å²) in [5.74, 6) is -0.514. The first-order valence-corrected chi connectivity index (χ1v) is 9.28. The Morgan fingerprint density at radius 3 is 2.46 bits per heavy atom. The fourth-order valence-corrected chi connectivity index (χ4v) is 3.40. The van der Waals surface area contributed by atoms with Crippen molar-refractivity contribution in [3.05, 3.63) is 80.5 Å². The quantitative estimate of drug-likeness (QED) is 0.616. The van der Waals surface area contributed by atoms with E-state index >= 15 is 0 Å². The number of hydrogen-bond donors (Lipinski definition) is 1. The van der Waals surface area contributed by atoms with Crippen molar-refractivity contribution >= 4 is 57.7 Å². The van der Waals surface area contributed by atoms with Crippen LogP contribution in [0, 0.1) is 0 Å². The van der Waals surface area contributed by atoms with E-state index in [0.717, 1.165) is 0 Å². The maximum Gasteiger partial charge on any atom is 0.268 e. The number of carbonyl (C=O) groups excluding carboxylic acids is 2. The maximum atomic E-state index is 12.7. The molecule has 0 saturated carbocycles. The van der Waals surface area contributed by atoms with Gasteiger partial charge in [-0.05, 0) is 41.8 Å². The molecule has 132 valence electrons. The van der Waals surface area contributed by atoms with Gasteiger partial charge in [-0.3, -0.25) is 9.59 Å². The Labute approximate surface area is 165 Å². The number of nitrogens with one attached hydrogen (secondary N) is 1. The zero-order chi connectivity index (χ0) is 18.7. The third-order valence-electron chi connectivity index (χ3n) is 3.72. The van der Waals surface area contributed by atoms with Gasteiger partial charge in [0.05, 0.1) is 26.2 Å². The van der Waals surface area contributed by atoms with Crippen LogP contribution >= 0.6 is 34.5 Å². The van der Waals surface area contributed by atoms with E-state index < -0.39 is 0 Å². The first-order valence-electron chi connectivity index (χ1n) is 7.64. The van der Waals surface area contributed by atoms with E-state index in [-0.39, 0.29) is 11.8 Å². The van der Waals surface area contributed by atoms with Crippen LogP contribution < -0.4 is 10.2 Å². The number of anilines is 2. The number of benzene rings is 2. The molecule has 2 amide bonds. The molecule has 0 saturated heterocycles. The van der Waals surface area contributed by atoms with Gasteiger partial charge in [-0.2, -0.15) is 0 Å². The van der Waals surface area contributed by atoms with Crippen molar-refractivity contribution < 1.29 is 9.59 Å². The maximum absolute atomic E-state index is 12.7. The summed E-state index contributed by atoms with van der Waals surface area (Å²) in [6.07, 6.45) is 0. The van der Waals surface area contributed by atoms with Crippen LogP contribution in [0.15, 0.2) is 60.0 Å². The van der Waals surface area contributed by atoms with Crippen molar-refractivity contribution in [1.82, 2.24) is 0 Å². The third-order valence-corrected chi connectivity index (χ3v) is 5.32. The standard InChI is InChI=1S/C19H14Cl2N2O2S/c1-23(19(25)17-7-4-10-26-17)16-6-3-2-5-13(16)18(24)22-12-8-9-14(20)15(21)11-12/h2-11H,1H3,(H,22,24). The SMILES string of the molecule is CN(C(=O)c1cccs1)c1ccccc1C(=O)Nc1ccc(Cl)c(Cl)c1. The first kappa shape index (κ1) is 18.5. The number of nitrogens with zero attached hydrogens (tertiary/aromatic N) is 1. The summed E-state index contributed by atoms with van der Waals surface area (Å²) in [7, 11) is 1.65. The predicted octanol–water partition coefficient (Wildman–Crippen LogP) is 5.58. The van der Waals surface area contributed by atoms with Crippen LogP contribution in [0.1, 0.15) is 20.0 Å².